The van der Waals surface area contributed by atoms with Crippen molar-refractivity contribution in [2.45, 2.75) is 44.5 Å². The summed E-state index contributed by atoms with van der Waals surface area (Å²) in [6, 6.07) is 4.37. The maximum atomic E-state index is 13.1. The zero-order valence-electron chi connectivity index (χ0n) is 14.5. The molecule has 0 aromatic heterocycles. The molecule has 146 valence electrons. The van der Waals surface area contributed by atoms with Gasteiger partial charge in [0.25, 0.3) is 0 Å². The lowest BCUT2D eigenvalue weighted by molar-refractivity contribution is -0.185. The summed E-state index contributed by atoms with van der Waals surface area (Å²) in [5.41, 5.74) is -2.36. The predicted octanol–water partition coefficient (Wildman–Crippen LogP) is 5.54. The minimum atomic E-state index is -4.68. The molecule has 0 radical (unpaired) electrons. The van der Waals surface area contributed by atoms with Gasteiger partial charge in [0.15, 0.2) is 0 Å². The number of hydrogen-bond acceptors (Lipinski definition) is 2. The molecule has 0 aliphatic carbocycles. The van der Waals surface area contributed by atoms with Crippen molar-refractivity contribution in [3.8, 4) is 0 Å². The fraction of sp³-hybridized carbons (Fsp3) is 0.500. The first-order valence-corrected chi connectivity index (χ1v) is 7.75. The molecule has 26 heavy (non-hydrogen) atoms. The summed E-state index contributed by atoms with van der Waals surface area (Å²) in [6.45, 7) is 5.81. The van der Waals surface area contributed by atoms with Gasteiger partial charge in [0.2, 0.25) is 0 Å². The molecule has 0 amide bonds. The Morgan fingerprint density at radius 1 is 1.12 bits per heavy atom. The van der Waals surface area contributed by atoms with Crippen LogP contribution in [0.2, 0.25) is 0 Å². The lowest BCUT2D eigenvalue weighted by Crippen LogP contribution is -2.36. The van der Waals surface area contributed by atoms with Gasteiger partial charge in [-0.15, -0.1) is 0 Å². The van der Waals surface area contributed by atoms with Gasteiger partial charge in [-0.1, -0.05) is 43.8 Å². The number of benzene rings is 1. The van der Waals surface area contributed by atoms with Crippen LogP contribution in [0.1, 0.15) is 37.8 Å². The molecule has 0 aliphatic heterocycles. The van der Waals surface area contributed by atoms with Crippen LogP contribution < -0.4 is 0 Å². The Hall–Kier alpha value is -1.99. The minimum Gasteiger partial charge on any atom is -0.461 e. The number of rotatable bonds is 6. The maximum absolute atomic E-state index is 13.1. The van der Waals surface area contributed by atoms with Crippen molar-refractivity contribution in [3.63, 3.8) is 0 Å². The molecule has 0 saturated heterocycles. The van der Waals surface area contributed by atoms with Crippen molar-refractivity contribution in [2.75, 3.05) is 6.61 Å². The second-order valence-electron chi connectivity index (χ2n) is 6.47. The fourth-order valence-corrected chi connectivity index (χ4v) is 2.32. The highest BCUT2D eigenvalue weighted by atomic mass is 19.4. The van der Waals surface area contributed by atoms with E-state index < -0.39 is 35.6 Å². The third-order valence-corrected chi connectivity index (χ3v) is 4.31. The summed E-state index contributed by atoms with van der Waals surface area (Å²) < 4.78 is 83.4. The van der Waals surface area contributed by atoms with Gasteiger partial charge >= 0.3 is 18.3 Å². The van der Waals surface area contributed by atoms with Crippen LogP contribution in [0, 0.1) is 5.92 Å². The largest absolute Gasteiger partial charge is 0.461 e. The Morgan fingerprint density at radius 2 is 1.62 bits per heavy atom. The third kappa shape index (κ3) is 4.80. The Bertz CT molecular complexity index is 629. The van der Waals surface area contributed by atoms with Crippen LogP contribution in [-0.4, -0.2) is 24.9 Å². The van der Waals surface area contributed by atoms with E-state index >= 15 is 0 Å². The lowest BCUT2D eigenvalue weighted by atomic mass is 9.81. The highest BCUT2D eigenvalue weighted by Gasteiger charge is 2.49. The van der Waals surface area contributed by atoms with Gasteiger partial charge in [-0.25, -0.2) is 0 Å². The van der Waals surface area contributed by atoms with Crippen molar-refractivity contribution in [3.05, 3.63) is 48.0 Å². The van der Waals surface area contributed by atoms with Gasteiger partial charge in [-0.05, 0) is 25.0 Å². The first-order valence-electron chi connectivity index (χ1n) is 7.75. The first-order chi connectivity index (χ1) is 11.7. The zero-order valence-corrected chi connectivity index (χ0v) is 14.5. The molecular weight excluding hydrogens is 362 g/mol. The van der Waals surface area contributed by atoms with Crippen molar-refractivity contribution < 1.29 is 35.9 Å². The van der Waals surface area contributed by atoms with E-state index in [2.05, 4.69) is 6.58 Å². The number of carbonyl (C=O) groups excluding carboxylic acids is 1. The summed E-state index contributed by atoms with van der Waals surface area (Å²) in [4.78, 5) is 12.1. The SMILES string of the molecule is C=CCOC(=O)C(c1ccc(C(C)(C)C(F)(F)F)cc1)[C@@H](C)C(F)(F)F. The first kappa shape index (κ1) is 22.1. The molecule has 0 N–H and O–H groups in total. The van der Waals surface area contributed by atoms with Gasteiger partial charge in [0.05, 0.1) is 17.3 Å². The number of ether oxygens (including phenoxy) is 1. The van der Waals surface area contributed by atoms with Crippen LogP contribution >= 0.6 is 0 Å². The van der Waals surface area contributed by atoms with E-state index in [0.717, 1.165) is 45.0 Å². The van der Waals surface area contributed by atoms with Crippen LogP contribution in [-0.2, 0) is 14.9 Å². The van der Waals surface area contributed by atoms with Crippen LogP contribution in [0.5, 0.6) is 0 Å². The molecule has 0 saturated carbocycles. The van der Waals surface area contributed by atoms with E-state index in [0.29, 0.717) is 0 Å². The lowest BCUT2D eigenvalue weighted by Gasteiger charge is -2.29. The van der Waals surface area contributed by atoms with Gasteiger partial charge in [0.1, 0.15) is 6.61 Å². The second-order valence-corrected chi connectivity index (χ2v) is 6.47. The number of esters is 1. The summed E-state index contributed by atoms with van der Waals surface area (Å²) in [5, 5.41) is 0. The van der Waals surface area contributed by atoms with Crippen LogP contribution in [0.25, 0.3) is 0 Å². The van der Waals surface area contributed by atoms with E-state index in [1.807, 2.05) is 0 Å². The van der Waals surface area contributed by atoms with Crippen LogP contribution in [0.3, 0.4) is 0 Å². The van der Waals surface area contributed by atoms with E-state index in [4.69, 9.17) is 4.74 Å². The molecule has 0 fully saturated rings. The molecule has 2 atom stereocenters. The second kappa shape index (κ2) is 7.72. The van der Waals surface area contributed by atoms with E-state index in [1.165, 1.54) is 6.08 Å². The van der Waals surface area contributed by atoms with Crippen molar-refractivity contribution in [2.24, 2.45) is 5.92 Å². The summed E-state index contributed by atoms with van der Waals surface area (Å²) in [7, 11) is 0. The minimum absolute atomic E-state index is 0.0642. The molecule has 0 heterocycles. The fourth-order valence-electron chi connectivity index (χ4n) is 2.32. The standard InChI is InChI=1S/C18H20F6O2/c1-5-10-26-15(25)14(11(2)17(19,20)21)12-6-8-13(9-7-12)16(3,4)18(22,23)24/h5-9,11,14H,1,10H2,2-4H3/t11-,14?/m1/s1. The van der Waals surface area contributed by atoms with E-state index in [-0.39, 0.29) is 17.7 Å². The van der Waals surface area contributed by atoms with Gasteiger partial charge < -0.3 is 4.74 Å². The summed E-state index contributed by atoms with van der Waals surface area (Å²) >= 11 is 0. The molecule has 0 aliphatic rings. The number of carbonyl (C=O) groups is 1. The molecule has 8 heteroatoms. The maximum Gasteiger partial charge on any atom is 0.397 e. The third-order valence-electron chi connectivity index (χ3n) is 4.31. The highest BCUT2D eigenvalue weighted by molar-refractivity contribution is 5.78. The molecule has 0 spiro atoms. The Kier molecular flexibility index (Phi) is 6.54. The normalized spacial score (nSPS) is 15.3. The summed E-state index contributed by atoms with van der Waals surface area (Å²) in [5.74, 6) is -4.86. The van der Waals surface area contributed by atoms with Gasteiger partial charge in [0, 0.05) is 0 Å². The smallest absolute Gasteiger partial charge is 0.397 e. The Balaban J connectivity index is 3.27. The number of hydrogen-bond donors (Lipinski definition) is 0. The molecule has 1 aromatic carbocycles. The quantitative estimate of drug-likeness (QED) is 0.367. The van der Waals surface area contributed by atoms with E-state index in [1.54, 1.807) is 0 Å². The predicted molar refractivity (Wildman–Crippen MR) is 84.6 cm³/mol. The molecule has 1 unspecified atom stereocenters. The molecule has 1 aromatic rings. The summed E-state index contributed by atoms with van der Waals surface area (Å²) in [6.07, 6.45) is -8.00. The van der Waals surface area contributed by atoms with Crippen molar-refractivity contribution in [1.82, 2.24) is 0 Å². The number of halogens is 6. The van der Waals surface area contributed by atoms with Gasteiger partial charge in [-0.3, -0.25) is 4.79 Å². The van der Waals surface area contributed by atoms with Gasteiger partial charge in [-0.2, -0.15) is 26.3 Å². The molecule has 0 bridgehead atoms. The molecule has 2 nitrogen and oxygen atoms in total. The Morgan fingerprint density at radius 3 is 2.00 bits per heavy atom. The van der Waals surface area contributed by atoms with Crippen LogP contribution in [0.15, 0.2) is 36.9 Å². The average Bonchev–Trinajstić information content (AvgIpc) is 2.51. The Labute approximate surface area is 147 Å². The average molecular weight is 382 g/mol. The van der Waals surface area contributed by atoms with Crippen molar-refractivity contribution in [1.29, 1.82) is 0 Å². The monoisotopic (exact) mass is 382 g/mol. The van der Waals surface area contributed by atoms with E-state index in [9.17, 15) is 31.1 Å². The zero-order chi connectivity index (χ0) is 20.3. The number of alkyl halides is 6. The molecular formula is C18H20F6O2. The molecule has 1 rings (SSSR count). The topological polar surface area (TPSA) is 26.3 Å². The highest BCUT2D eigenvalue weighted by Crippen LogP contribution is 2.42. The van der Waals surface area contributed by atoms with Crippen LogP contribution in [0.4, 0.5) is 26.3 Å². The van der Waals surface area contributed by atoms with Crippen molar-refractivity contribution >= 4 is 5.97 Å².